The molecule has 116 valence electrons. The molecule has 0 fully saturated rings. The van der Waals surface area contributed by atoms with E-state index in [2.05, 4.69) is 24.3 Å². The van der Waals surface area contributed by atoms with Crippen molar-refractivity contribution >= 4 is 17.5 Å². The first-order valence-electron chi connectivity index (χ1n) is 7.42. The van der Waals surface area contributed by atoms with E-state index in [0.717, 1.165) is 22.5 Å². The van der Waals surface area contributed by atoms with Crippen molar-refractivity contribution in [3.05, 3.63) is 41.1 Å². The molecule has 0 saturated carbocycles. The molecule has 0 bridgehead atoms. The minimum absolute atomic E-state index is 0.117. The zero-order chi connectivity index (χ0) is 15.9. The number of carbonyl (C=O) groups is 1. The molecule has 2 amide bonds. The highest BCUT2D eigenvalue weighted by Gasteiger charge is 2.29. The Kier molecular flexibility index (Phi) is 3.52. The SMILES string of the molecule is CC(C)c1ccccc1NC(=O)N1Cc2nn(C)c(N)c2C1. The number of urea groups is 1. The highest BCUT2D eigenvalue weighted by atomic mass is 16.2. The van der Waals surface area contributed by atoms with Gasteiger partial charge in [0.2, 0.25) is 0 Å². The smallest absolute Gasteiger partial charge is 0.322 e. The minimum Gasteiger partial charge on any atom is -0.384 e. The summed E-state index contributed by atoms with van der Waals surface area (Å²) in [6.45, 7) is 5.23. The maximum atomic E-state index is 12.5. The van der Waals surface area contributed by atoms with Crippen molar-refractivity contribution in [3.8, 4) is 0 Å². The number of para-hydroxylation sites is 1. The monoisotopic (exact) mass is 299 g/mol. The molecule has 0 aliphatic carbocycles. The van der Waals surface area contributed by atoms with E-state index in [0.29, 0.717) is 24.8 Å². The van der Waals surface area contributed by atoms with E-state index in [1.54, 1.807) is 9.58 Å². The maximum absolute atomic E-state index is 12.5. The molecule has 1 aromatic heterocycles. The normalized spacial score (nSPS) is 13.5. The minimum atomic E-state index is -0.117. The number of hydrogen-bond acceptors (Lipinski definition) is 3. The average Bonchev–Trinajstić information content (AvgIpc) is 3.00. The van der Waals surface area contributed by atoms with Crippen molar-refractivity contribution in [2.24, 2.45) is 7.05 Å². The van der Waals surface area contributed by atoms with Crippen molar-refractivity contribution in [1.29, 1.82) is 0 Å². The van der Waals surface area contributed by atoms with Crippen molar-refractivity contribution in [1.82, 2.24) is 14.7 Å². The third-order valence-corrected chi connectivity index (χ3v) is 4.08. The van der Waals surface area contributed by atoms with Gasteiger partial charge in [-0.15, -0.1) is 0 Å². The molecule has 2 heterocycles. The van der Waals surface area contributed by atoms with Gasteiger partial charge in [-0.05, 0) is 17.5 Å². The number of nitrogen functional groups attached to an aromatic ring is 1. The fourth-order valence-corrected chi connectivity index (χ4v) is 2.82. The zero-order valence-electron chi connectivity index (χ0n) is 13.1. The number of amides is 2. The van der Waals surface area contributed by atoms with Gasteiger partial charge in [0, 0.05) is 18.3 Å². The number of benzene rings is 1. The van der Waals surface area contributed by atoms with Crippen LogP contribution in [-0.4, -0.2) is 20.7 Å². The van der Waals surface area contributed by atoms with Crippen molar-refractivity contribution in [2.45, 2.75) is 32.9 Å². The Hall–Kier alpha value is -2.50. The molecule has 3 N–H and O–H groups in total. The highest BCUT2D eigenvalue weighted by molar-refractivity contribution is 5.90. The molecule has 1 aliphatic heterocycles. The van der Waals surface area contributed by atoms with E-state index in [-0.39, 0.29) is 6.03 Å². The van der Waals surface area contributed by atoms with E-state index in [9.17, 15) is 4.79 Å². The number of anilines is 2. The molecule has 6 heteroatoms. The fraction of sp³-hybridized carbons (Fsp3) is 0.375. The lowest BCUT2D eigenvalue weighted by Crippen LogP contribution is -2.31. The number of nitrogens with zero attached hydrogens (tertiary/aromatic N) is 3. The zero-order valence-corrected chi connectivity index (χ0v) is 13.1. The van der Waals surface area contributed by atoms with Gasteiger partial charge in [-0.3, -0.25) is 4.68 Å². The molecule has 0 atom stereocenters. The summed E-state index contributed by atoms with van der Waals surface area (Å²) in [5.41, 5.74) is 9.80. The van der Waals surface area contributed by atoms with Crippen LogP contribution in [0.3, 0.4) is 0 Å². The van der Waals surface area contributed by atoms with Gasteiger partial charge in [-0.1, -0.05) is 32.0 Å². The molecule has 0 unspecified atom stereocenters. The molecule has 6 nitrogen and oxygen atoms in total. The van der Waals surface area contributed by atoms with Crippen LogP contribution in [0.2, 0.25) is 0 Å². The van der Waals surface area contributed by atoms with Crippen LogP contribution in [0.15, 0.2) is 24.3 Å². The van der Waals surface area contributed by atoms with Gasteiger partial charge in [0.15, 0.2) is 0 Å². The van der Waals surface area contributed by atoms with Crippen LogP contribution < -0.4 is 11.1 Å². The summed E-state index contributed by atoms with van der Waals surface area (Å²) >= 11 is 0. The number of aromatic nitrogens is 2. The lowest BCUT2D eigenvalue weighted by Gasteiger charge is -2.19. The fourth-order valence-electron chi connectivity index (χ4n) is 2.82. The summed E-state index contributed by atoms with van der Waals surface area (Å²) < 4.78 is 1.66. The Bertz CT molecular complexity index is 719. The third kappa shape index (κ3) is 2.41. The van der Waals surface area contributed by atoms with Gasteiger partial charge in [-0.2, -0.15) is 5.10 Å². The van der Waals surface area contributed by atoms with Crippen LogP contribution in [0.1, 0.15) is 36.6 Å². The van der Waals surface area contributed by atoms with Crippen molar-refractivity contribution in [3.63, 3.8) is 0 Å². The molecular weight excluding hydrogens is 278 g/mol. The Balaban J connectivity index is 1.75. The molecule has 1 aliphatic rings. The van der Waals surface area contributed by atoms with Gasteiger partial charge in [0.25, 0.3) is 0 Å². The highest BCUT2D eigenvalue weighted by Crippen LogP contribution is 2.28. The third-order valence-electron chi connectivity index (χ3n) is 4.08. The van der Waals surface area contributed by atoms with E-state index in [4.69, 9.17) is 5.73 Å². The number of nitrogens with two attached hydrogens (primary N) is 1. The second kappa shape index (κ2) is 5.36. The van der Waals surface area contributed by atoms with Crippen LogP contribution in [0.25, 0.3) is 0 Å². The lowest BCUT2D eigenvalue weighted by molar-refractivity contribution is 0.212. The second-order valence-corrected chi connectivity index (χ2v) is 5.96. The molecule has 3 rings (SSSR count). The summed E-state index contributed by atoms with van der Waals surface area (Å²) in [6, 6.07) is 7.77. The summed E-state index contributed by atoms with van der Waals surface area (Å²) in [4.78, 5) is 14.2. The summed E-state index contributed by atoms with van der Waals surface area (Å²) in [5.74, 6) is 0.985. The maximum Gasteiger partial charge on any atom is 0.322 e. The average molecular weight is 299 g/mol. The van der Waals surface area contributed by atoms with Crippen LogP contribution in [0, 0.1) is 0 Å². The number of carbonyl (C=O) groups excluding carboxylic acids is 1. The van der Waals surface area contributed by atoms with Crippen molar-refractivity contribution in [2.75, 3.05) is 11.1 Å². The Morgan fingerprint density at radius 2 is 2.05 bits per heavy atom. The number of fused-ring (bicyclic) bond motifs is 1. The molecule has 0 saturated heterocycles. The number of rotatable bonds is 2. The quantitative estimate of drug-likeness (QED) is 0.895. The molecule has 22 heavy (non-hydrogen) atoms. The largest absolute Gasteiger partial charge is 0.384 e. The lowest BCUT2D eigenvalue weighted by atomic mass is 10.0. The van der Waals surface area contributed by atoms with E-state index < -0.39 is 0 Å². The van der Waals surface area contributed by atoms with Gasteiger partial charge < -0.3 is 16.0 Å². The number of hydrogen-bond donors (Lipinski definition) is 2. The summed E-state index contributed by atoms with van der Waals surface area (Å²) in [6.07, 6.45) is 0. The number of aryl methyl sites for hydroxylation is 1. The molecule has 2 aromatic rings. The first-order chi connectivity index (χ1) is 10.5. The Labute approximate surface area is 129 Å². The van der Waals surface area contributed by atoms with Gasteiger partial charge in [0.05, 0.1) is 18.8 Å². The standard InChI is InChI=1S/C16H21N5O/c1-10(2)11-6-4-5-7-13(11)18-16(22)21-8-12-14(9-21)19-20(3)15(12)17/h4-7,10H,8-9,17H2,1-3H3,(H,18,22). The van der Waals surface area contributed by atoms with Crippen LogP contribution in [0.5, 0.6) is 0 Å². The topological polar surface area (TPSA) is 76.2 Å². The van der Waals surface area contributed by atoms with Gasteiger partial charge in [0.1, 0.15) is 5.82 Å². The Morgan fingerprint density at radius 3 is 2.73 bits per heavy atom. The summed E-state index contributed by atoms with van der Waals surface area (Å²) in [5, 5.41) is 7.35. The molecule has 0 radical (unpaired) electrons. The number of nitrogens with one attached hydrogen (secondary N) is 1. The van der Waals surface area contributed by atoms with E-state index in [1.807, 2.05) is 31.3 Å². The van der Waals surface area contributed by atoms with Crippen LogP contribution in [-0.2, 0) is 20.1 Å². The van der Waals surface area contributed by atoms with Crippen LogP contribution >= 0.6 is 0 Å². The van der Waals surface area contributed by atoms with Gasteiger partial charge >= 0.3 is 6.03 Å². The molecular formula is C16H21N5O. The predicted molar refractivity (Wildman–Crippen MR) is 86.4 cm³/mol. The Morgan fingerprint density at radius 1 is 1.32 bits per heavy atom. The van der Waals surface area contributed by atoms with E-state index >= 15 is 0 Å². The van der Waals surface area contributed by atoms with E-state index in [1.165, 1.54) is 0 Å². The predicted octanol–water partition coefficient (Wildman–Crippen LogP) is 2.67. The van der Waals surface area contributed by atoms with Crippen molar-refractivity contribution < 1.29 is 4.79 Å². The first-order valence-corrected chi connectivity index (χ1v) is 7.42. The van der Waals surface area contributed by atoms with Gasteiger partial charge in [-0.25, -0.2) is 4.79 Å². The molecule has 0 spiro atoms. The summed E-state index contributed by atoms with van der Waals surface area (Å²) in [7, 11) is 1.82. The first kappa shape index (κ1) is 14.4. The molecule has 1 aromatic carbocycles. The van der Waals surface area contributed by atoms with Crippen LogP contribution in [0.4, 0.5) is 16.3 Å². The second-order valence-electron chi connectivity index (χ2n) is 5.96.